The van der Waals surface area contributed by atoms with Crippen LogP contribution in [0.4, 0.5) is 0 Å². The third kappa shape index (κ3) is 42.6. The van der Waals surface area contributed by atoms with Gasteiger partial charge < -0.3 is 112 Å². The van der Waals surface area contributed by atoms with E-state index in [4.69, 9.17) is 90.6 Å². The number of nitrogens with one attached hydrogen (secondary N) is 4. The van der Waals surface area contributed by atoms with Crippen LogP contribution in [0.25, 0.3) is 0 Å². The lowest BCUT2D eigenvalue weighted by Gasteiger charge is -2.41. The fraction of sp³-hybridized carbons (Fsp3) is 0.733. The minimum Gasteiger partial charge on any atom is -0.508 e. The SMILES string of the molecule is CC(C(=O)O)C1CCC(=O)CC1.CC(C(=O)O)C1CCC(=O)CC1.CC(C(=O)O)C1CCNC(=O)CC1.NC(C(=O)O)C1CCC(O)CC1.NC(C(=O)O)c1ccc(O)cc1.NCCC(CCC(=O)O)C(N)C(=O)O.NCCC(CCC(=O)O)C(N)C(=O)O.O=C1CCC2CCNC(=O)C2N1.PPN1CCC2CCCNC2C1. The molecule has 0 radical (unpaired) electrons. The zero-order valence-corrected chi connectivity index (χ0v) is 67.5. The first-order valence-electron chi connectivity index (χ1n) is 38.9. The van der Waals surface area contributed by atoms with Gasteiger partial charge in [0.1, 0.15) is 47.5 Å². The number of phenols is 1. The number of fused-ring (bicyclic) bond motifs is 2. The molecule has 9 rings (SSSR count). The number of aliphatic carboxylic acids is 9. The number of hydrogen-bond acceptors (Lipinski definition) is 24. The highest BCUT2D eigenvalue weighted by Gasteiger charge is 2.37. The Morgan fingerprint density at radius 2 is 0.938 bits per heavy atom. The molecule has 5 heterocycles. The smallest absolute Gasteiger partial charge is 0.325 e. The predicted molar refractivity (Wildman–Crippen MR) is 421 cm³/mol. The largest absolute Gasteiger partial charge is 0.508 e. The molecule has 8 fully saturated rings. The van der Waals surface area contributed by atoms with E-state index < -0.39 is 77.9 Å². The lowest BCUT2D eigenvalue weighted by atomic mass is 9.80. The quantitative estimate of drug-likeness (QED) is 0.0625. The predicted octanol–water partition coefficient (Wildman–Crippen LogP) is 3.28. The van der Waals surface area contributed by atoms with Crippen LogP contribution in [-0.4, -0.2) is 226 Å². The molecule has 5 saturated heterocycles. The summed E-state index contributed by atoms with van der Waals surface area (Å²) in [5.41, 5.74) is 32.6. The summed E-state index contributed by atoms with van der Waals surface area (Å²) < 4.78 is 2.56. The fourth-order valence-corrected chi connectivity index (χ4v) is 15.5. The molecule has 0 bridgehead atoms. The van der Waals surface area contributed by atoms with Gasteiger partial charge in [-0.3, -0.25) is 71.8 Å². The molecule has 3 amide bonds. The van der Waals surface area contributed by atoms with Crippen molar-refractivity contribution in [2.45, 2.75) is 236 Å². The Labute approximate surface area is 664 Å². The number of phenolic OH excluding ortho intramolecular Hbond substituents is 1. The maximum Gasteiger partial charge on any atom is 0.325 e. The molecule has 38 heteroatoms. The van der Waals surface area contributed by atoms with E-state index in [0.717, 1.165) is 84.7 Å². The summed E-state index contributed by atoms with van der Waals surface area (Å²) in [6, 6.07) is 2.48. The second-order valence-electron chi connectivity index (χ2n) is 29.9. The van der Waals surface area contributed by atoms with Gasteiger partial charge in [-0.25, -0.2) is 0 Å². The van der Waals surface area contributed by atoms with Gasteiger partial charge >= 0.3 is 53.7 Å². The highest BCUT2D eigenvalue weighted by atomic mass is 32.0. The summed E-state index contributed by atoms with van der Waals surface area (Å²) in [7, 11) is 3.78. The number of carbonyl (C=O) groups excluding carboxylic acids is 5. The minimum absolute atomic E-state index is 0.00769. The average molecular weight is 1650 g/mol. The molecule has 644 valence electrons. The van der Waals surface area contributed by atoms with Crippen molar-refractivity contribution < 1.29 is 123 Å². The summed E-state index contributed by atoms with van der Waals surface area (Å²) in [5, 5.41) is 107. The summed E-state index contributed by atoms with van der Waals surface area (Å²) in [5.74, 6) is -7.42. The zero-order chi connectivity index (χ0) is 85.6. The van der Waals surface area contributed by atoms with E-state index in [1.165, 1.54) is 63.2 Å². The van der Waals surface area contributed by atoms with Gasteiger partial charge in [-0.15, -0.1) is 0 Å². The van der Waals surface area contributed by atoms with Gasteiger partial charge in [-0.05, 0) is 215 Å². The summed E-state index contributed by atoms with van der Waals surface area (Å²) in [6.45, 7) is 11.0. The lowest BCUT2D eigenvalue weighted by molar-refractivity contribution is -0.144. The van der Waals surface area contributed by atoms with Gasteiger partial charge in [0.2, 0.25) is 17.7 Å². The number of aliphatic hydroxyl groups excluding tert-OH is 1. The van der Waals surface area contributed by atoms with E-state index in [0.29, 0.717) is 102 Å². The number of amides is 3. The second kappa shape index (κ2) is 56.7. The molecule has 1 aromatic rings. The molecule has 27 N–H and O–H groups in total. The molecule has 0 spiro atoms. The number of nitrogens with zero attached hydrogens (tertiary/aromatic N) is 1. The molecule has 0 aromatic heterocycles. The first kappa shape index (κ1) is 104. The van der Waals surface area contributed by atoms with E-state index in [1.54, 1.807) is 20.8 Å². The van der Waals surface area contributed by atoms with Crippen molar-refractivity contribution in [3.05, 3.63) is 29.8 Å². The van der Waals surface area contributed by atoms with Crippen LogP contribution in [0.2, 0.25) is 0 Å². The Bertz CT molecular complexity index is 3030. The number of nitrogens with two attached hydrogens (primary N) is 6. The highest BCUT2D eigenvalue weighted by molar-refractivity contribution is 8.01. The van der Waals surface area contributed by atoms with Gasteiger partial charge in [0, 0.05) is 83.6 Å². The number of benzene rings is 1. The molecule has 5 aliphatic heterocycles. The normalized spacial score (nSPS) is 24.0. The van der Waals surface area contributed by atoms with Crippen LogP contribution < -0.4 is 55.7 Å². The van der Waals surface area contributed by atoms with E-state index in [-0.39, 0.29) is 126 Å². The number of Topliss-reactive ketones (excluding diaryl/α,β-unsaturated/α-hetero) is 2. The van der Waals surface area contributed by atoms with Crippen molar-refractivity contribution in [2.75, 3.05) is 45.8 Å². The number of carbonyl (C=O) groups is 14. The number of carboxylic acid groups (broad SMARTS) is 9. The van der Waals surface area contributed by atoms with Crippen molar-refractivity contribution in [3.63, 3.8) is 0 Å². The minimum atomic E-state index is -1.12. The third-order valence-electron chi connectivity index (χ3n) is 21.9. The number of rotatable bonds is 25. The highest BCUT2D eigenvalue weighted by Crippen LogP contribution is 2.35. The molecule has 3 aliphatic carbocycles. The maximum absolute atomic E-state index is 11.2. The number of carboxylic acids is 9. The Balaban J connectivity index is 0.000000636. The van der Waals surface area contributed by atoms with Crippen molar-refractivity contribution in [1.29, 1.82) is 0 Å². The average Bonchev–Trinajstić information content (AvgIpc) is 1.22. The Morgan fingerprint density at radius 1 is 0.496 bits per heavy atom. The van der Waals surface area contributed by atoms with Gasteiger partial charge in [0.15, 0.2) is 0 Å². The van der Waals surface area contributed by atoms with E-state index >= 15 is 0 Å². The summed E-state index contributed by atoms with van der Waals surface area (Å²) in [6.07, 6.45) is 17.7. The van der Waals surface area contributed by atoms with Gasteiger partial charge in [0.05, 0.1) is 23.9 Å². The number of hydrogen-bond donors (Lipinski definition) is 21. The first-order chi connectivity index (χ1) is 53.2. The Kier molecular flexibility index (Phi) is 51.9. The van der Waals surface area contributed by atoms with Crippen LogP contribution in [0.5, 0.6) is 5.75 Å². The maximum atomic E-state index is 11.2. The van der Waals surface area contributed by atoms with Crippen LogP contribution in [-0.2, 0) is 67.1 Å². The second-order valence-corrected chi connectivity index (χ2v) is 31.6. The number of ketones is 2. The fourth-order valence-electron chi connectivity index (χ4n) is 14.2. The Morgan fingerprint density at radius 3 is 1.35 bits per heavy atom. The van der Waals surface area contributed by atoms with Crippen molar-refractivity contribution in [2.24, 2.45) is 99.5 Å². The van der Waals surface area contributed by atoms with E-state index in [2.05, 4.69) is 34.9 Å². The number of aromatic hydroxyl groups is 1. The molecule has 16 atom stereocenters. The third-order valence-corrected chi connectivity index (χ3v) is 23.8. The number of aliphatic hydroxyl groups is 1. The molecular weight excluding hydrogens is 1520 g/mol. The summed E-state index contributed by atoms with van der Waals surface area (Å²) in [4.78, 5) is 149. The van der Waals surface area contributed by atoms with Crippen LogP contribution in [0.1, 0.15) is 206 Å². The van der Waals surface area contributed by atoms with E-state index in [1.807, 2.05) is 0 Å². The van der Waals surface area contributed by atoms with Gasteiger partial charge in [0.25, 0.3) is 0 Å². The van der Waals surface area contributed by atoms with Crippen molar-refractivity contribution in [3.8, 4) is 5.75 Å². The lowest BCUT2D eigenvalue weighted by Crippen LogP contribution is -2.57. The van der Waals surface area contributed by atoms with Crippen molar-refractivity contribution in [1.82, 2.24) is 25.9 Å². The standard InChI is InChI=1S/C9H15NO3.2C9H14O3.2C8H16N2O4.C8H12N2O2.C8H18N2P2.C8H15NO3.C8H9NO3/c1-6(9(12)13)7-2-3-8(11)10-5-4-7;2*1-6(9(11)12)7-2-4-8(10)5-3-7;2*9-4-3-5(1-2-6(11)12)7(10)8(13)14;11-6-2-1-5-3-4-9-8(12)7(5)10-6;11-12-10-5-3-7-2-1-4-9-8(7)6-10;2*9-7(8(11)12)5-1-3-6(10)4-2-5/h6-7H,2-5H2,1H3,(H,10,11)(H,12,13);2*6-7H,2-5H2,1H3,(H,11,12);2*5,7H,1-4,9-10H2,(H,11,12)(H,13,14);5,7H,1-4H2,(H,9,12)(H,10,11);7-9,12H,1-6,11H2;5-7,10H,1-4,9H2,(H,11,12);1-4,7,10H,9H2,(H,11,12). The van der Waals surface area contributed by atoms with Crippen LogP contribution in [0.15, 0.2) is 24.3 Å². The topological polar surface area (TPSA) is 669 Å². The molecule has 113 heavy (non-hydrogen) atoms. The molecule has 36 nitrogen and oxygen atoms in total. The van der Waals surface area contributed by atoms with Crippen LogP contribution in [0, 0.1) is 65.1 Å². The molecule has 8 aliphatic rings. The molecule has 16 unspecified atom stereocenters. The zero-order valence-electron chi connectivity index (χ0n) is 65.4. The molecule has 1 aromatic carbocycles. The Hall–Kier alpha value is -7.50. The first-order valence-corrected chi connectivity index (χ1v) is 41.7. The van der Waals surface area contributed by atoms with E-state index in [9.17, 15) is 67.1 Å². The van der Waals surface area contributed by atoms with Gasteiger partial charge in [-0.2, -0.15) is 0 Å². The van der Waals surface area contributed by atoms with Gasteiger partial charge in [-0.1, -0.05) is 41.8 Å². The number of piperidine rings is 4. The molecule has 3 saturated carbocycles. The van der Waals surface area contributed by atoms with Crippen LogP contribution >= 0.6 is 17.3 Å². The molecular formula is C75H129N11O25P2. The monoisotopic (exact) mass is 1650 g/mol. The van der Waals surface area contributed by atoms with Crippen molar-refractivity contribution >= 4 is 100 Å². The summed E-state index contributed by atoms with van der Waals surface area (Å²) >= 11 is 0. The van der Waals surface area contributed by atoms with Crippen LogP contribution in [0.3, 0.4) is 0 Å².